The van der Waals surface area contributed by atoms with Gasteiger partial charge in [-0.15, -0.1) is 0 Å². The molecule has 1 heterocycles. The first-order valence-electron chi connectivity index (χ1n) is 6.25. The van der Waals surface area contributed by atoms with Gasteiger partial charge in [-0.25, -0.2) is 9.59 Å². The number of aromatic nitrogens is 2. The number of carboxylic acids is 1. The van der Waals surface area contributed by atoms with Gasteiger partial charge in [-0.3, -0.25) is 4.57 Å². The normalized spacial score (nSPS) is 10.9. The maximum absolute atomic E-state index is 12.1. The van der Waals surface area contributed by atoms with Gasteiger partial charge >= 0.3 is 11.7 Å². The number of H-pyrrole nitrogens is 1. The van der Waals surface area contributed by atoms with E-state index in [1.165, 1.54) is 10.6 Å². The molecule has 0 spiro atoms. The highest BCUT2D eigenvalue weighted by molar-refractivity contribution is 6.30. The molecule has 0 atom stereocenters. The molecular weight excluding hydrogens is 292 g/mol. The van der Waals surface area contributed by atoms with E-state index < -0.39 is 5.97 Å². The Kier molecular flexibility index (Phi) is 3.27. The van der Waals surface area contributed by atoms with Gasteiger partial charge in [-0.05, 0) is 29.8 Å². The molecule has 2 N–H and O–H groups in total. The summed E-state index contributed by atoms with van der Waals surface area (Å²) in [5.74, 6) is -1.07. The number of halogens is 1. The molecule has 0 aliphatic carbocycles. The predicted molar refractivity (Wildman–Crippen MR) is 80.1 cm³/mol. The summed E-state index contributed by atoms with van der Waals surface area (Å²) in [6.45, 7) is 0.254. The standard InChI is InChI=1S/C15H11ClN2O3/c16-10-4-1-3-9(7-10)8-18-13-11(14(19)20)5-2-6-12(13)17-15(18)21/h1-7H,8H2,(H,17,21)(H,19,20). The summed E-state index contributed by atoms with van der Waals surface area (Å²) < 4.78 is 1.41. The summed E-state index contributed by atoms with van der Waals surface area (Å²) in [6.07, 6.45) is 0. The summed E-state index contributed by atoms with van der Waals surface area (Å²) in [6, 6.07) is 11.9. The Morgan fingerprint density at radius 3 is 2.71 bits per heavy atom. The SMILES string of the molecule is O=C(O)c1cccc2[nH]c(=O)n(Cc3cccc(Cl)c3)c12. The topological polar surface area (TPSA) is 75.1 Å². The fourth-order valence-corrected chi connectivity index (χ4v) is 2.57. The number of aromatic carboxylic acids is 1. The van der Waals surface area contributed by atoms with Crippen molar-refractivity contribution in [3.05, 3.63) is 69.1 Å². The van der Waals surface area contributed by atoms with Gasteiger partial charge in [0, 0.05) is 5.02 Å². The van der Waals surface area contributed by atoms with Crippen LogP contribution in [-0.2, 0) is 6.54 Å². The molecule has 2 aromatic carbocycles. The van der Waals surface area contributed by atoms with E-state index in [-0.39, 0.29) is 17.8 Å². The summed E-state index contributed by atoms with van der Waals surface area (Å²) in [5.41, 5.74) is 1.45. The van der Waals surface area contributed by atoms with Crippen LogP contribution >= 0.6 is 11.6 Å². The highest BCUT2D eigenvalue weighted by atomic mass is 35.5. The van der Waals surface area contributed by atoms with E-state index >= 15 is 0 Å². The van der Waals surface area contributed by atoms with Crippen LogP contribution in [0, 0.1) is 0 Å². The van der Waals surface area contributed by atoms with Crippen LogP contribution in [0.3, 0.4) is 0 Å². The van der Waals surface area contributed by atoms with Crippen LogP contribution in [0.2, 0.25) is 5.02 Å². The number of hydrogen-bond donors (Lipinski definition) is 2. The zero-order chi connectivity index (χ0) is 15.0. The molecule has 106 valence electrons. The lowest BCUT2D eigenvalue weighted by atomic mass is 10.1. The van der Waals surface area contributed by atoms with E-state index in [9.17, 15) is 14.7 Å². The molecule has 6 heteroatoms. The number of carboxylic acid groups (broad SMARTS) is 1. The number of nitrogens with one attached hydrogen (secondary N) is 1. The highest BCUT2D eigenvalue weighted by Crippen LogP contribution is 2.18. The monoisotopic (exact) mass is 302 g/mol. The van der Waals surface area contributed by atoms with E-state index in [1.54, 1.807) is 30.3 Å². The molecule has 5 nitrogen and oxygen atoms in total. The van der Waals surface area contributed by atoms with Crippen molar-refractivity contribution >= 4 is 28.6 Å². The number of carbonyl (C=O) groups is 1. The quantitative estimate of drug-likeness (QED) is 0.781. The van der Waals surface area contributed by atoms with Crippen molar-refractivity contribution < 1.29 is 9.90 Å². The van der Waals surface area contributed by atoms with Crippen LogP contribution in [0.1, 0.15) is 15.9 Å². The molecule has 0 saturated carbocycles. The Morgan fingerprint density at radius 2 is 2.00 bits per heavy atom. The minimum atomic E-state index is -1.07. The van der Waals surface area contributed by atoms with Crippen molar-refractivity contribution in [2.45, 2.75) is 6.54 Å². The predicted octanol–water partition coefficient (Wildman–Crippen LogP) is 2.73. The Hall–Kier alpha value is -2.53. The molecular formula is C15H11ClN2O3. The minimum absolute atomic E-state index is 0.0906. The lowest BCUT2D eigenvalue weighted by Gasteiger charge is -2.06. The average Bonchev–Trinajstić information content (AvgIpc) is 2.75. The molecule has 3 rings (SSSR count). The van der Waals surface area contributed by atoms with Gasteiger partial charge in [0.05, 0.1) is 23.1 Å². The average molecular weight is 303 g/mol. The Labute approximate surface area is 124 Å². The largest absolute Gasteiger partial charge is 0.478 e. The molecule has 0 amide bonds. The van der Waals surface area contributed by atoms with Crippen LogP contribution in [0.25, 0.3) is 11.0 Å². The maximum atomic E-state index is 12.1. The van der Waals surface area contributed by atoms with Crippen molar-refractivity contribution in [2.75, 3.05) is 0 Å². The second kappa shape index (κ2) is 5.10. The second-order valence-corrected chi connectivity index (χ2v) is 5.09. The first-order chi connectivity index (χ1) is 10.1. The number of nitrogens with zero attached hydrogens (tertiary/aromatic N) is 1. The van der Waals surface area contributed by atoms with Crippen molar-refractivity contribution in [3.8, 4) is 0 Å². The van der Waals surface area contributed by atoms with Crippen LogP contribution in [0.15, 0.2) is 47.3 Å². The van der Waals surface area contributed by atoms with E-state index in [2.05, 4.69) is 4.98 Å². The Bertz CT molecular complexity index is 895. The third kappa shape index (κ3) is 2.43. The van der Waals surface area contributed by atoms with Gasteiger partial charge in [-0.1, -0.05) is 29.8 Å². The van der Waals surface area contributed by atoms with Crippen LogP contribution in [0.5, 0.6) is 0 Å². The Balaban J connectivity index is 2.20. The van der Waals surface area contributed by atoms with Crippen molar-refractivity contribution in [2.24, 2.45) is 0 Å². The fourth-order valence-electron chi connectivity index (χ4n) is 2.36. The molecule has 21 heavy (non-hydrogen) atoms. The lowest BCUT2D eigenvalue weighted by molar-refractivity contribution is 0.0698. The molecule has 0 radical (unpaired) electrons. The van der Waals surface area contributed by atoms with Crippen molar-refractivity contribution in [3.63, 3.8) is 0 Å². The van der Waals surface area contributed by atoms with Crippen LogP contribution in [-0.4, -0.2) is 20.6 Å². The molecule has 0 aliphatic rings. The summed E-state index contributed by atoms with van der Waals surface area (Å²) in [7, 11) is 0. The summed E-state index contributed by atoms with van der Waals surface area (Å²) >= 11 is 5.94. The minimum Gasteiger partial charge on any atom is -0.478 e. The molecule has 0 aliphatic heterocycles. The van der Waals surface area contributed by atoms with E-state index in [4.69, 9.17) is 11.6 Å². The van der Waals surface area contributed by atoms with E-state index in [1.807, 2.05) is 6.07 Å². The smallest absolute Gasteiger partial charge is 0.337 e. The van der Waals surface area contributed by atoms with Gasteiger partial charge in [-0.2, -0.15) is 0 Å². The highest BCUT2D eigenvalue weighted by Gasteiger charge is 2.15. The molecule has 1 aromatic heterocycles. The number of fused-ring (bicyclic) bond motifs is 1. The summed E-state index contributed by atoms with van der Waals surface area (Å²) in [5, 5.41) is 9.84. The van der Waals surface area contributed by atoms with E-state index in [0.29, 0.717) is 16.1 Å². The molecule has 0 unspecified atom stereocenters. The van der Waals surface area contributed by atoms with Crippen LogP contribution in [0.4, 0.5) is 0 Å². The molecule has 3 aromatic rings. The third-order valence-corrected chi connectivity index (χ3v) is 3.49. The summed E-state index contributed by atoms with van der Waals surface area (Å²) in [4.78, 5) is 26.1. The third-order valence-electron chi connectivity index (χ3n) is 3.25. The number of rotatable bonds is 3. The zero-order valence-corrected chi connectivity index (χ0v) is 11.6. The first-order valence-corrected chi connectivity index (χ1v) is 6.63. The van der Waals surface area contributed by atoms with Crippen LogP contribution < -0.4 is 5.69 Å². The van der Waals surface area contributed by atoms with E-state index in [0.717, 1.165) is 5.56 Å². The molecule has 0 fully saturated rings. The second-order valence-electron chi connectivity index (χ2n) is 4.65. The van der Waals surface area contributed by atoms with Gasteiger partial charge in [0.2, 0.25) is 0 Å². The molecule has 0 bridgehead atoms. The molecule has 0 saturated heterocycles. The van der Waals surface area contributed by atoms with Crippen molar-refractivity contribution in [1.29, 1.82) is 0 Å². The van der Waals surface area contributed by atoms with Crippen molar-refractivity contribution in [1.82, 2.24) is 9.55 Å². The number of hydrogen-bond acceptors (Lipinski definition) is 2. The Morgan fingerprint density at radius 1 is 1.24 bits per heavy atom. The number of para-hydroxylation sites is 1. The number of imidazole rings is 1. The van der Waals surface area contributed by atoms with Gasteiger partial charge in [0.15, 0.2) is 0 Å². The van der Waals surface area contributed by atoms with Gasteiger partial charge < -0.3 is 10.1 Å². The zero-order valence-electron chi connectivity index (χ0n) is 10.8. The van der Waals surface area contributed by atoms with Gasteiger partial charge in [0.1, 0.15) is 0 Å². The lowest BCUT2D eigenvalue weighted by Crippen LogP contribution is -2.18. The maximum Gasteiger partial charge on any atom is 0.337 e. The van der Waals surface area contributed by atoms with Gasteiger partial charge in [0.25, 0.3) is 0 Å². The first kappa shape index (κ1) is 13.5. The fraction of sp³-hybridized carbons (Fsp3) is 0.0667. The number of aromatic amines is 1. The number of benzene rings is 2.